The van der Waals surface area contributed by atoms with E-state index in [1.54, 1.807) is 0 Å². The largest absolute Gasteiger partial charge is 0.381 e. The Morgan fingerprint density at radius 2 is 1.76 bits per heavy atom. The van der Waals surface area contributed by atoms with Gasteiger partial charge in [0, 0.05) is 25.7 Å². The second kappa shape index (κ2) is 7.31. The molecule has 1 unspecified atom stereocenters. The van der Waals surface area contributed by atoms with Crippen LogP contribution in [0.25, 0.3) is 0 Å². The van der Waals surface area contributed by atoms with E-state index in [4.69, 9.17) is 14.2 Å². The Kier molecular flexibility index (Phi) is 5.71. The van der Waals surface area contributed by atoms with Crippen LogP contribution in [0.15, 0.2) is 0 Å². The van der Waals surface area contributed by atoms with Crippen molar-refractivity contribution in [2.24, 2.45) is 5.92 Å². The molecule has 0 saturated carbocycles. The third-order valence-corrected chi connectivity index (χ3v) is 3.62. The third kappa shape index (κ3) is 4.54. The molecule has 17 heavy (non-hydrogen) atoms. The first-order chi connectivity index (χ1) is 8.38. The maximum Gasteiger partial charge on any atom is 0.159 e. The van der Waals surface area contributed by atoms with E-state index in [0.29, 0.717) is 6.04 Å². The minimum Gasteiger partial charge on any atom is -0.381 e. The molecule has 2 rings (SSSR count). The minimum absolute atomic E-state index is 0.0129. The molecule has 0 radical (unpaired) electrons. The monoisotopic (exact) mass is 243 g/mol. The summed E-state index contributed by atoms with van der Waals surface area (Å²) in [6.07, 6.45) is 4.62. The lowest BCUT2D eigenvalue weighted by Crippen LogP contribution is -2.35. The number of nitrogens with one attached hydrogen (secondary N) is 1. The lowest BCUT2D eigenvalue weighted by atomic mass is 9.91. The molecule has 100 valence electrons. The van der Waals surface area contributed by atoms with Crippen molar-refractivity contribution in [3.63, 3.8) is 0 Å². The molecule has 4 heteroatoms. The van der Waals surface area contributed by atoms with Crippen molar-refractivity contribution < 1.29 is 14.2 Å². The van der Waals surface area contributed by atoms with Gasteiger partial charge in [0.2, 0.25) is 0 Å². The van der Waals surface area contributed by atoms with Crippen molar-refractivity contribution in [1.82, 2.24) is 5.32 Å². The van der Waals surface area contributed by atoms with Gasteiger partial charge in [0.15, 0.2) is 6.29 Å². The number of hydrogen-bond donors (Lipinski definition) is 1. The molecule has 4 nitrogen and oxygen atoms in total. The van der Waals surface area contributed by atoms with E-state index in [0.717, 1.165) is 45.3 Å². The van der Waals surface area contributed by atoms with Gasteiger partial charge in [-0.1, -0.05) is 6.92 Å². The number of hydrogen-bond acceptors (Lipinski definition) is 4. The highest BCUT2D eigenvalue weighted by Crippen LogP contribution is 2.23. The van der Waals surface area contributed by atoms with Crippen LogP contribution in [-0.2, 0) is 14.2 Å². The lowest BCUT2D eigenvalue weighted by Gasteiger charge is -2.28. The van der Waals surface area contributed by atoms with Crippen molar-refractivity contribution in [3.8, 4) is 0 Å². The summed E-state index contributed by atoms with van der Waals surface area (Å²) >= 11 is 0. The zero-order valence-electron chi connectivity index (χ0n) is 10.8. The number of ether oxygens (including phenoxy) is 3. The van der Waals surface area contributed by atoms with E-state index >= 15 is 0 Å². The van der Waals surface area contributed by atoms with Gasteiger partial charge in [-0.15, -0.1) is 0 Å². The van der Waals surface area contributed by atoms with E-state index in [-0.39, 0.29) is 6.29 Å². The average Bonchev–Trinajstić information content (AvgIpc) is 2.83. The van der Waals surface area contributed by atoms with Crippen molar-refractivity contribution in [1.29, 1.82) is 0 Å². The summed E-state index contributed by atoms with van der Waals surface area (Å²) in [5.74, 6) is 0.800. The van der Waals surface area contributed by atoms with Gasteiger partial charge >= 0.3 is 0 Å². The van der Waals surface area contributed by atoms with Crippen LogP contribution >= 0.6 is 0 Å². The van der Waals surface area contributed by atoms with Gasteiger partial charge in [-0.3, -0.25) is 0 Å². The highest BCUT2D eigenvalue weighted by molar-refractivity contribution is 4.75. The highest BCUT2D eigenvalue weighted by atomic mass is 16.7. The van der Waals surface area contributed by atoms with Crippen molar-refractivity contribution in [2.75, 3.05) is 33.0 Å². The first kappa shape index (κ1) is 13.3. The molecule has 1 atom stereocenters. The molecule has 0 aliphatic carbocycles. The normalized spacial score (nSPS) is 25.2. The summed E-state index contributed by atoms with van der Waals surface area (Å²) in [4.78, 5) is 0. The fraction of sp³-hybridized carbons (Fsp3) is 1.00. The van der Waals surface area contributed by atoms with Crippen LogP contribution in [0.2, 0.25) is 0 Å². The third-order valence-electron chi connectivity index (χ3n) is 3.62. The fourth-order valence-corrected chi connectivity index (χ4v) is 2.71. The molecule has 2 aliphatic rings. The summed E-state index contributed by atoms with van der Waals surface area (Å²) in [5.41, 5.74) is 0. The van der Waals surface area contributed by atoms with Crippen molar-refractivity contribution >= 4 is 0 Å². The van der Waals surface area contributed by atoms with E-state index in [1.165, 1.54) is 19.3 Å². The molecule has 0 aromatic rings. The molecule has 0 spiro atoms. The predicted octanol–water partition coefficient (Wildman–Crippen LogP) is 1.54. The molecular formula is C13H25NO3. The molecule has 2 saturated heterocycles. The van der Waals surface area contributed by atoms with Crippen molar-refractivity contribution in [3.05, 3.63) is 0 Å². The van der Waals surface area contributed by atoms with Crippen LogP contribution in [0, 0.1) is 5.92 Å². The summed E-state index contributed by atoms with van der Waals surface area (Å²) in [7, 11) is 0. The average molecular weight is 243 g/mol. The molecule has 2 heterocycles. The molecular weight excluding hydrogens is 218 g/mol. The second-order valence-corrected chi connectivity index (χ2v) is 4.95. The topological polar surface area (TPSA) is 39.7 Å². The predicted molar refractivity (Wildman–Crippen MR) is 65.9 cm³/mol. The van der Waals surface area contributed by atoms with Crippen LogP contribution in [-0.4, -0.2) is 45.3 Å². The maximum atomic E-state index is 5.53. The van der Waals surface area contributed by atoms with Crippen LogP contribution in [0.1, 0.15) is 32.6 Å². The van der Waals surface area contributed by atoms with Crippen molar-refractivity contribution in [2.45, 2.75) is 44.9 Å². The van der Waals surface area contributed by atoms with Gasteiger partial charge in [-0.25, -0.2) is 0 Å². The summed E-state index contributed by atoms with van der Waals surface area (Å²) in [6.45, 7) is 6.54. The summed E-state index contributed by atoms with van der Waals surface area (Å²) in [5, 5.41) is 3.56. The first-order valence-corrected chi connectivity index (χ1v) is 6.92. The Labute approximate surface area is 104 Å². The molecule has 0 amide bonds. The van der Waals surface area contributed by atoms with Crippen LogP contribution in [0.3, 0.4) is 0 Å². The Morgan fingerprint density at radius 3 is 2.41 bits per heavy atom. The minimum atomic E-state index is 0.0129. The molecule has 0 aromatic heterocycles. The van der Waals surface area contributed by atoms with Crippen LogP contribution < -0.4 is 5.32 Å². The smallest absolute Gasteiger partial charge is 0.159 e. The van der Waals surface area contributed by atoms with E-state index in [1.807, 2.05) is 0 Å². The van der Waals surface area contributed by atoms with Gasteiger partial charge in [0.1, 0.15) is 0 Å². The Bertz CT molecular complexity index is 201. The zero-order valence-corrected chi connectivity index (χ0v) is 10.8. The van der Waals surface area contributed by atoms with Gasteiger partial charge in [0.25, 0.3) is 0 Å². The van der Waals surface area contributed by atoms with Crippen LogP contribution in [0.5, 0.6) is 0 Å². The number of rotatable bonds is 6. The quantitative estimate of drug-likeness (QED) is 0.768. The van der Waals surface area contributed by atoms with Gasteiger partial charge in [0.05, 0.1) is 13.2 Å². The zero-order chi connectivity index (χ0) is 11.9. The Morgan fingerprint density at radius 1 is 1.06 bits per heavy atom. The van der Waals surface area contributed by atoms with E-state index in [9.17, 15) is 0 Å². The Hall–Kier alpha value is -0.160. The van der Waals surface area contributed by atoms with E-state index in [2.05, 4.69) is 12.2 Å². The maximum absolute atomic E-state index is 5.53. The standard InChI is InChI=1S/C13H25NO3/c1-2-14-12(10-13-16-7-8-17-13)9-11-3-5-15-6-4-11/h11-14H,2-10H2,1H3. The molecule has 0 aromatic carbocycles. The van der Waals surface area contributed by atoms with Gasteiger partial charge in [-0.05, 0) is 31.7 Å². The second-order valence-electron chi connectivity index (χ2n) is 4.95. The SMILES string of the molecule is CCNC(CC1CCOCC1)CC1OCCO1. The van der Waals surface area contributed by atoms with Gasteiger partial charge in [-0.2, -0.15) is 0 Å². The van der Waals surface area contributed by atoms with Crippen LogP contribution in [0.4, 0.5) is 0 Å². The first-order valence-electron chi connectivity index (χ1n) is 6.92. The summed E-state index contributed by atoms with van der Waals surface area (Å²) in [6, 6.07) is 0.520. The van der Waals surface area contributed by atoms with Gasteiger partial charge < -0.3 is 19.5 Å². The molecule has 1 N–H and O–H groups in total. The fourth-order valence-electron chi connectivity index (χ4n) is 2.71. The van der Waals surface area contributed by atoms with E-state index < -0.39 is 0 Å². The molecule has 2 aliphatic heterocycles. The molecule has 2 fully saturated rings. The Balaban J connectivity index is 1.74. The lowest BCUT2D eigenvalue weighted by molar-refractivity contribution is -0.0549. The summed E-state index contributed by atoms with van der Waals surface area (Å²) < 4.78 is 16.5. The highest BCUT2D eigenvalue weighted by Gasteiger charge is 2.24. The molecule has 0 bridgehead atoms.